The zero-order valence-corrected chi connectivity index (χ0v) is 14.7. The zero-order valence-electron chi connectivity index (χ0n) is 13.1. The maximum atomic E-state index is 3.68. The lowest BCUT2D eigenvalue weighted by Crippen LogP contribution is -2.18. The van der Waals surface area contributed by atoms with Crippen LogP contribution in [0.25, 0.3) is 0 Å². The molecule has 0 amide bonds. The Morgan fingerprint density at radius 3 is 2.43 bits per heavy atom. The lowest BCUT2D eigenvalue weighted by Gasteiger charge is -2.19. The molecule has 0 aromatic heterocycles. The molecule has 0 bridgehead atoms. The van der Waals surface area contributed by atoms with Gasteiger partial charge in [-0.3, -0.25) is 0 Å². The topological polar surface area (TPSA) is 12.0 Å². The van der Waals surface area contributed by atoms with Gasteiger partial charge in [0.25, 0.3) is 0 Å². The first-order valence-corrected chi connectivity index (χ1v) is 8.47. The van der Waals surface area contributed by atoms with Crippen LogP contribution >= 0.6 is 15.9 Å². The number of benzene rings is 2. The zero-order chi connectivity index (χ0) is 15.2. The highest BCUT2D eigenvalue weighted by atomic mass is 79.9. The van der Waals surface area contributed by atoms with E-state index < -0.39 is 0 Å². The van der Waals surface area contributed by atoms with Crippen LogP contribution in [0.2, 0.25) is 0 Å². The monoisotopic (exact) mass is 345 g/mol. The van der Waals surface area contributed by atoms with Gasteiger partial charge >= 0.3 is 0 Å². The molecule has 0 spiro atoms. The molecule has 1 nitrogen and oxygen atoms in total. The fourth-order valence-electron chi connectivity index (χ4n) is 2.64. The second kappa shape index (κ2) is 7.77. The molecule has 2 rings (SSSR count). The molecule has 0 saturated heterocycles. The van der Waals surface area contributed by atoms with Crippen molar-refractivity contribution in [3.63, 3.8) is 0 Å². The summed E-state index contributed by atoms with van der Waals surface area (Å²) in [6.07, 6.45) is 3.69. The van der Waals surface area contributed by atoms with Gasteiger partial charge in [0.1, 0.15) is 0 Å². The Morgan fingerprint density at radius 1 is 1.10 bits per heavy atom. The lowest BCUT2D eigenvalue weighted by atomic mass is 9.96. The van der Waals surface area contributed by atoms with Crippen molar-refractivity contribution < 1.29 is 0 Å². The Balaban J connectivity index is 2.26. The van der Waals surface area contributed by atoms with E-state index in [2.05, 4.69) is 77.6 Å². The minimum absolute atomic E-state index is 0.222. The molecule has 1 N–H and O–H groups in total. The molecule has 21 heavy (non-hydrogen) atoms. The van der Waals surface area contributed by atoms with Crippen LogP contribution in [0, 0.1) is 6.92 Å². The number of halogens is 1. The summed E-state index contributed by atoms with van der Waals surface area (Å²) in [5, 5.41) is 3.44. The molecule has 0 fully saturated rings. The number of hydrogen-bond acceptors (Lipinski definition) is 1. The number of hydrogen-bond donors (Lipinski definition) is 1. The van der Waals surface area contributed by atoms with Gasteiger partial charge in [0.05, 0.1) is 6.04 Å². The molecule has 0 radical (unpaired) electrons. The summed E-state index contributed by atoms with van der Waals surface area (Å²) < 4.78 is 1.16. The summed E-state index contributed by atoms with van der Waals surface area (Å²) in [5.74, 6) is 0. The summed E-state index contributed by atoms with van der Waals surface area (Å²) in [5.41, 5.74) is 5.31. The van der Waals surface area contributed by atoms with Crippen LogP contribution in [0.15, 0.2) is 46.9 Å². The molecular weight excluding hydrogens is 322 g/mol. The molecule has 0 heterocycles. The molecule has 2 aromatic carbocycles. The number of unbranched alkanes of at least 4 members (excludes halogenated alkanes) is 1. The predicted octanol–water partition coefficient (Wildman–Crippen LogP) is 5.41. The highest BCUT2D eigenvalue weighted by Gasteiger charge is 2.15. The quantitative estimate of drug-likeness (QED) is 0.737. The third-order valence-corrected chi connectivity index (χ3v) is 4.61. The molecule has 1 atom stereocenters. The van der Waals surface area contributed by atoms with Crippen molar-refractivity contribution in [3.05, 3.63) is 69.2 Å². The SMILES string of the molecule is CCCCc1ccc(C(NC)c2cc(C)ccc2Br)cc1. The number of aryl methyl sites for hydroxylation is 2. The smallest absolute Gasteiger partial charge is 0.0585 e. The van der Waals surface area contributed by atoms with E-state index in [1.165, 1.54) is 41.5 Å². The Hall–Kier alpha value is -1.12. The molecule has 2 aromatic rings. The van der Waals surface area contributed by atoms with Gasteiger partial charge in [-0.1, -0.05) is 71.2 Å². The van der Waals surface area contributed by atoms with Crippen LogP contribution in [0.3, 0.4) is 0 Å². The maximum absolute atomic E-state index is 3.68. The van der Waals surface area contributed by atoms with Crippen molar-refractivity contribution in [1.82, 2.24) is 5.32 Å². The van der Waals surface area contributed by atoms with Crippen molar-refractivity contribution in [2.45, 2.75) is 39.2 Å². The molecule has 1 unspecified atom stereocenters. The Morgan fingerprint density at radius 2 is 1.81 bits per heavy atom. The van der Waals surface area contributed by atoms with E-state index in [0.717, 1.165) is 4.47 Å². The molecule has 0 aliphatic rings. The van der Waals surface area contributed by atoms with Gasteiger partial charge in [0.2, 0.25) is 0 Å². The van der Waals surface area contributed by atoms with E-state index in [0.29, 0.717) is 0 Å². The minimum Gasteiger partial charge on any atom is -0.309 e. The Bertz CT molecular complexity index is 575. The molecule has 0 saturated carbocycles. The second-order valence-corrected chi connectivity index (χ2v) is 6.45. The molecule has 0 aliphatic heterocycles. The summed E-state index contributed by atoms with van der Waals surface area (Å²) in [4.78, 5) is 0. The Labute approximate surface area is 136 Å². The van der Waals surface area contributed by atoms with Crippen molar-refractivity contribution in [1.29, 1.82) is 0 Å². The van der Waals surface area contributed by atoms with Crippen molar-refractivity contribution in [2.75, 3.05) is 7.05 Å². The average molecular weight is 346 g/mol. The first kappa shape index (κ1) is 16.3. The van der Waals surface area contributed by atoms with Gasteiger partial charge in [-0.05, 0) is 49.6 Å². The van der Waals surface area contributed by atoms with E-state index >= 15 is 0 Å². The highest BCUT2D eigenvalue weighted by Crippen LogP contribution is 2.29. The van der Waals surface area contributed by atoms with Crippen LogP contribution in [0.5, 0.6) is 0 Å². The summed E-state index contributed by atoms with van der Waals surface area (Å²) in [6, 6.07) is 15.8. The maximum Gasteiger partial charge on any atom is 0.0585 e. The van der Waals surface area contributed by atoms with Crippen LogP contribution in [-0.2, 0) is 6.42 Å². The molecular formula is C19H24BrN. The first-order valence-electron chi connectivity index (χ1n) is 7.68. The predicted molar refractivity (Wildman–Crippen MR) is 94.8 cm³/mol. The van der Waals surface area contributed by atoms with E-state index in [9.17, 15) is 0 Å². The standard InChI is InChI=1S/C19H24BrN/c1-4-5-6-15-8-10-16(11-9-15)19(21-3)17-13-14(2)7-12-18(17)20/h7-13,19,21H,4-6H2,1-3H3. The van der Waals surface area contributed by atoms with Crippen LogP contribution in [-0.4, -0.2) is 7.05 Å². The third kappa shape index (κ3) is 4.18. The highest BCUT2D eigenvalue weighted by molar-refractivity contribution is 9.10. The van der Waals surface area contributed by atoms with Gasteiger partial charge in [-0.25, -0.2) is 0 Å². The van der Waals surface area contributed by atoms with Crippen molar-refractivity contribution in [3.8, 4) is 0 Å². The molecule has 0 aliphatic carbocycles. The average Bonchev–Trinajstić information content (AvgIpc) is 2.50. The van der Waals surface area contributed by atoms with Crippen LogP contribution in [0.4, 0.5) is 0 Å². The fraction of sp³-hybridized carbons (Fsp3) is 0.368. The van der Waals surface area contributed by atoms with Gasteiger partial charge in [0, 0.05) is 4.47 Å². The van der Waals surface area contributed by atoms with Crippen LogP contribution < -0.4 is 5.32 Å². The third-order valence-electron chi connectivity index (χ3n) is 3.88. The number of rotatable bonds is 6. The van der Waals surface area contributed by atoms with E-state index in [4.69, 9.17) is 0 Å². The lowest BCUT2D eigenvalue weighted by molar-refractivity contribution is 0.687. The Kier molecular flexibility index (Phi) is 6.01. The van der Waals surface area contributed by atoms with E-state index in [1.807, 2.05) is 7.05 Å². The minimum atomic E-state index is 0.222. The second-order valence-electron chi connectivity index (χ2n) is 5.59. The van der Waals surface area contributed by atoms with E-state index in [-0.39, 0.29) is 6.04 Å². The largest absolute Gasteiger partial charge is 0.309 e. The van der Waals surface area contributed by atoms with Gasteiger partial charge in [-0.15, -0.1) is 0 Å². The first-order chi connectivity index (χ1) is 10.2. The summed E-state index contributed by atoms with van der Waals surface area (Å²) in [6.45, 7) is 4.37. The van der Waals surface area contributed by atoms with Gasteiger partial charge in [-0.2, -0.15) is 0 Å². The van der Waals surface area contributed by atoms with Gasteiger partial charge in [0.15, 0.2) is 0 Å². The fourth-order valence-corrected chi connectivity index (χ4v) is 3.12. The number of nitrogens with one attached hydrogen (secondary N) is 1. The molecule has 112 valence electrons. The van der Waals surface area contributed by atoms with Crippen molar-refractivity contribution >= 4 is 15.9 Å². The van der Waals surface area contributed by atoms with Gasteiger partial charge < -0.3 is 5.32 Å². The summed E-state index contributed by atoms with van der Waals surface area (Å²) in [7, 11) is 2.02. The molecule has 2 heteroatoms. The summed E-state index contributed by atoms with van der Waals surface area (Å²) >= 11 is 3.68. The van der Waals surface area contributed by atoms with Crippen LogP contribution in [0.1, 0.15) is 48.1 Å². The van der Waals surface area contributed by atoms with Crippen molar-refractivity contribution in [2.24, 2.45) is 0 Å². The van der Waals surface area contributed by atoms with E-state index in [1.54, 1.807) is 0 Å². The normalized spacial score (nSPS) is 12.4.